The van der Waals surface area contributed by atoms with Crippen molar-refractivity contribution in [2.75, 3.05) is 6.54 Å². The van der Waals surface area contributed by atoms with Crippen LogP contribution in [0, 0.1) is 0 Å². The van der Waals surface area contributed by atoms with Crippen molar-refractivity contribution in [3.63, 3.8) is 0 Å². The van der Waals surface area contributed by atoms with Crippen LogP contribution in [0.1, 0.15) is 62.0 Å². The van der Waals surface area contributed by atoms with Crippen molar-refractivity contribution in [2.45, 2.75) is 57.5 Å². The van der Waals surface area contributed by atoms with Crippen LogP contribution in [0.5, 0.6) is 0 Å². The number of halogens is 1. The SMILES string of the molecule is CCC1CCCCN1C(=O)c1cc(Br)cn1C1CC1. The number of likely N-dealkylation sites (tertiary alicyclic amines) is 1. The topological polar surface area (TPSA) is 25.2 Å². The summed E-state index contributed by atoms with van der Waals surface area (Å²) in [5, 5.41) is 0. The molecule has 1 aliphatic carbocycles. The number of nitrogens with zero attached hydrogens (tertiary/aromatic N) is 2. The minimum Gasteiger partial charge on any atom is -0.339 e. The van der Waals surface area contributed by atoms with E-state index in [1.165, 1.54) is 19.3 Å². The highest BCUT2D eigenvalue weighted by atomic mass is 79.9. The number of aromatic nitrogens is 1. The molecule has 4 heteroatoms. The molecule has 1 unspecified atom stereocenters. The average molecular weight is 325 g/mol. The first-order valence-electron chi connectivity index (χ1n) is 7.39. The molecule has 1 saturated heterocycles. The Balaban J connectivity index is 1.86. The van der Waals surface area contributed by atoms with E-state index in [2.05, 4.69) is 38.5 Å². The van der Waals surface area contributed by atoms with E-state index in [1.54, 1.807) is 0 Å². The number of piperidine rings is 1. The molecule has 0 bridgehead atoms. The zero-order chi connectivity index (χ0) is 13.4. The second kappa shape index (κ2) is 5.31. The first-order chi connectivity index (χ1) is 9.20. The minimum atomic E-state index is 0.226. The predicted molar refractivity (Wildman–Crippen MR) is 79.4 cm³/mol. The van der Waals surface area contributed by atoms with Crippen molar-refractivity contribution >= 4 is 21.8 Å². The van der Waals surface area contributed by atoms with Crippen LogP contribution in [0.4, 0.5) is 0 Å². The fourth-order valence-electron chi connectivity index (χ4n) is 3.11. The lowest BCUT2D eigenvalue weighted by Crippen LogP contribution is -2.44. The molecule has 0 spiro atoms. The van der Waals surface area contributed by atoms with Crippen LogP contribution in [0.3, 0.4) is 0 Å². The molecule has 1 atom stereocenters. The summed E-state index contributed by atoms with van der Waals surface area (Å²) in [5.74, 6) is 0.226. The van der Waals surface area contributed by atoms with Gasteiger partial charge < -0.3 is 9.47 Å². The van der Waals surface area contributed by atoms with Gasteiger partial charge in [0.15, 0.2) is 0 Å². The summed E-state index contributed by atoms with van der Waals surface area (Å²) >= 11 is 3.51. The van der Waals surface area contributed by atoms with Crippen LogP contribution in [0.2, 0.25) is 0 Å². The lowest BCUT2D eigenvalue weighted by atomic mass is 9.99. The Kier molecular flexibility index (Phi) is 3.70. The monoisotopic (exact) mass is 324 g/mol. The maximum atomic E-state index is 12.8. The van der Waals surface area contributed by atoms with Crippen molar-refractivity contribution in [2.24, 2.45) is 0 Å². The summed E-state index contributed by atoms with van der Waals surface area (Å²) in [6.07, 6.45) is 9.11. The zero-order valence-corrected chi connectivity index (χ0v) is 13.0. The number of carbonyl (C=O) groups excluding carboxylic acids is 1. The minimum absolute atomic E-state index is 0.226. The van der Waals surface area contributed by atoms with Gasteiger partial charge in [-0.05, 0) is 60.5 Å². The van der Waals surface area contributed by atoms with Crippen LogP contribution in [-0.4, -0.2) is 28.0 Å². The van der Waals surface area contributed by atoms with E-state index in [0.29, 0.717) is 12.1 Å². The molecule has 2 heterocycles. The lowest BCUT2D eigenvalue weighted by molar-refractivity contribution is 0.0596. The highest BCUT2D eigenvalue weighted by molar-refractivity contribution is 9.10. The summed E-state index contributed by atoms with van der Waals surface area (Å²) in [5.41, 5.74) is 0.870. The van der Waals surface area contributed by atoms with Gasteiger partial charge >= 0.3 is 0 Å². The standard InChI is InChI=1S/C15H21BrN2O/c1-2-12-5-3-4-8-17(12)15(19)14-9-11(16)10-18(14)13-6-7-13/h9-10,12-13H,2-8H2,1H3. The predicted octanol–water partition coefficient (Wildman–Crippen LogP) is 3.99. The van der Waals surface area contributed by atoms with E-state index >= 15 is 0 Å². The van der Waals surface area contributed by atoms with E-state index in [1.807, 2.05) is 6.07 Å². The molecule has 1 aromatic rings. The molecule has 0 radical (unpaired) electrons. The summed E-state index contributed by atoms with van der Waals surface area (Å²) in [6, 6.07) is 2.97. The second-order valence-electron chi connectivity index (χ2n) is 5.74. The Morgan fingerprint density at radius 3 is 2.84 bits per heavy atom. The third-order valence-electron chi connectivity index (χ3n) is 4.33. The molecular formula is C15H21BrN2O. The Hall–Kier alpha value is -0.770. The van der Waals surface area contributed by atoms with E-state index in [9.17, 15) is 4.79 Å². The molecular weight excluding hydrogens is 304 g/mol. The molecule has 2 fully saturated rings. The molecule has 1 amide bonds. The Morgan fingerprint density at radius 2 is 2.16 bits per heavy atom. The Bertz CT molecular complexity index is 478. The van der Waals surface area contributed by atoms with E-state index in [-0.39, 0.29) is 5.91 Å². The number of hydrogen-bond acceptors (Lipinski definition) is 1. The highest BCUT2D eigenvalue weighted by Crippen LogP contribution is 2.38. The quantitative estimate of drug-likeness (QED) is 0.825. The summed E-state index contributed by atoms with van der Waals surface area (Å²) in [6.45, 7) is 3.11. The second-order valence-corrected chi connectivity index (χ2v) is 6.65. The van der Waals surface area contributed by atoms with Gasteiger partial charge in [0.1, 0.15) is 5.69 Å². The molecule has 3 nitrogen and oxygen atoms in total. The first kappa shape index (κ1) is 13.2. The largest absolute Gasteiger partial charge is 0.339 e. The van der Waals surface area contributed by atoms with Gasteiger partial charge in [0, 0.05) is 29.3 Å². The van der Waals surface area contributed by atoms with Gasteiger partial charge in [-0.25, -0.2) is 0 Å². The van der Waals surface area contributed by atoms with Crippen molar-refractivity contribution in [1.82, 2.24) is 9.47 Å². The fraction of sp³-hybridized carbons (Fsp3) is 0.667. The maximum Gasteiger partial charge on any atom is 0.270 e. The van der Waals surface area contributed by atoms with Crippen LogP contribution < -0.4 is 0 Å². The molecule has 2 aliphatic rings. The molecule has 0 aromatic carbocycles. The summed E-state index contributed by atoms with van der Waals surface area (Å²) in [4.78, 5) is 14.9. The summed E-state index contributed by atoms with van der Waals surface area (Å²) in [7, 11) is 0. The van der Waals surface area contributed by atoms with Crippen LogP contribution in [0.25, 0.3) is 0 Å². The third-order valence-corrected chi connectivity index (χ3v) is 4.77. The van der Waals surface area contributed by atoms with Crippen molar-refractivity contribution in [3.05, 3.63) is 22.4 Å². The average Bonchev–Trinajstić information content (AvgIpc) is 3.21. The Labute approximate surface area is 123 Å². The lowest BCUT2D eigenvalue weighted by Gasteiger charge is -2.35. The molecule has 1 aromatic heterocycles. The van der Waals surface area contributed by atoms with Crippen molar-refractivity contribution in [3.8, 4) is 0 Å². The van der Waals surface area contributed by atoms with Gasteiger partial charge in [-0.3, -0.25) is 4.79 Å². The summed E-state index contributed by atoms with van der Waals surface area (Å²) < 4.78 is 3.20. The molecule has 0 N–H and O–H groups in total. The van der Waals surface area contributed by atoms with E-state index in [4.69, 9.17) is 0 Å². The van der Waals surface area contributed by atoms with Crippen LogP contribution in [0.15, 0.2) is 16.7 Å². The van der Waals surface area contributed by atoms with Gasteiger partial charge in [-0.1, -0.05) is 6.92 Å². The van der Waals surface area contributed by atoms with Crippen molar-refractivity contribution < 1.29 is 4.79 Å². The van der Waals surface area contributed by atoms with Gasteiger partial charge in [-0.15, -0.1) is 0 Å². The van der Waals surface area contributed by atoms with Gasteiger partial charge in [0.25, 0.3) is 5.91 Å². The normalized spacial score (nSPS) is 23.7. The molecule has 19 heavy (non-hydrogen) atoms. The van der Waals surface area contributed by atoms with Gasteiger partial charge in [0.2, 0.25) is 0 Å². The number of carbonyl (C=O) groups is 1. The molecule has 3 rings (SSSR count). The van der Waals surface area contributed by atoms with Gasteiger partial charge in [-0.2, -0.15) is 0 Å². The number of hydrogen-bond donors (Lipinski definition) is 0. The zero-order valence-electron chi connectivity index (χ0n) is 11.4. The maximum absolute atomic E-state index is 12.8. The van der Waals surface area contributed by atoms with Gasteiger partial charge in [0.05, 0.1) is 0 Å². The number of amides is 1. The molecule has 1 aliphatic heterocycles. The fourth-order valence-corrected chi connectivity index (χ4v) is 3.55. The highest BCUT2D eigenvalue weighted by Gasteiger charge is 2.32. The smallest absolute Gasteiger partial charge is 0.270 e. The van der Waals surface area contributed by atoms with Crippen LogP contribution in [-0.2, 0) is 0 Å². The first-order valence-corrected chi connectivity index (χ1v) is 8.18. The molecule has 1 saturated carbocycles. The van der Waals surface area contributed by atoms with E-state index in [0.717, 1.165) is 36.0 Å². The van der Waals surface area contributed by atoms with Crippen molar-refractivity contribution in [1.29, 1.82) is 0 Å². The Morgan fingerprint density at radius 1 is 1.37 bits per heavy atom. The third kappa shape index (κ3) is 2.60. The van der Waals surface area contributed by atoms with E-state index < -0.39 is 0 Å². The van der Waals surface area contributed by atoms with Crippen LogP contribution >= 0.6 is 15.9 Å². The number of rotatable bonds is 3. The molecule has 104 valence electrons.